The van der Waals surface area contributed by atoms with Crippen LogP contribution in [-0.4, -0.2) is 24.1 Å². The Kier molecular flexibility index (Phi) is 4.56. The summed E-state index contributed by atoms with van der Waals surface area (Å²) in [5.74, 6) is 2.59. The first kappa shape index (κ1) is 13.7. The second kappa shape index (κ2) is 5.97. The summed E-state index contributed by atoms with van der Waals surface area (Å²) in [6.07, 6.45) is 0. The van der Waals surface area contributed by atoms with Crippen LogP contribution in [0.1, 0.15) is 13.8 Å². The first-order valence-corrected chi connectivity index (χ1v) is 7.69. The predicted octanol–water partition coefficient (Wildman–Crippen LogP) is 4.00. The lowest BCUT2D eigenvalue weighted by molar-refractivity contribution is 0.412. The fraction of sp³-hybridized carbons (Fsp3) is 0.462. The molecule has 0 aliphatic carbocycles. The Bertz CT molecular complexity index is 464. The van der Waals surface area contributed by atoms with Crippen LogP contribution in [0.25, 0.3) is 0 Å². The molecule has 0 spiro atoms. The van der Waals surface area contributed by atoms with E-state index in [2.05, 4.69) is 40.1 Å². The molecule has 3 nitrogen and oxygen atoms in total. The summed E-state index contributed by atoms with van der Waals surface area (Å²) < 4.78 is 6.15. The molecule has 0 fully saturated rings. The van der Waals surface area contributed by atoms with Crippen LogP contribution < -0.4 is 10.1 Å². The zero-order valence-corrected chi connectivity index (χ0v) is 13.1. The summed E-state index contributed by atoms with van der Waals surface area (Å²) in [6.45, 7) is 4.40. The Hall–Kier alpha value is -0.680. The van der Waals surface area contributed by atoms with Crippen molar-refractivity contribution >= 4 is 38.5 Å². The molecule has 2 unspecified atom stereocenters. The third-order valence-electron chi connectivity index (χ3n) is 3.03. The molecule has 98 valence electrons. The molecule has 0 bridgehead atoms. The van der Waals surface area contributed by atoms with Gasteiger partial charge in [0.25, 0.3) is 0 Å². The molecule has 1 aliphatic rings. The van der Waals surface area contributed by atoms with Gasteiger partial charge in [-0.05, 0) is 47.0 Å². The van der Waals surface area contributed by atoms with Crippen molar-refractivity contribution in [3.05, 3.63) is 22.7 Å². The molecule has 1 aromatic rings. The largest absolute Gasteiger partial charge is 0.496 e. The van der Waals surface area contributed by atoms with E-state index in [4.69, 9.17) is 4.74 Å². The number of benzene rings is 1. The van der Waals surface area contributed by atoms with E-state index in [9.17, 15) is 0 Å². The van der Waals surface area contributed by atoms with E-state index in [-0.39, 0.29) is 0 Å². The molecule has 18 heavy (non-hydrogen) atoms. The summed E-state index contributed by atoms with van der Waals surface area (Å²) in [7, 11) is 1.66. The smallest absolute Gasteiger partial charge is 0.161 e. The van der Waals surface area contributed by atoms with Gasteiger partial charge < -0.3 is 10.1 Å². The summed E-state index contributed by atoms with van der Waals surface area (Å²) in [5, 5.41) is 4.35. The molecule has 5 heteroatoms. The van der Waals surface area contributed by atoms with Gasteiger partial charge in [-0.15, -0.1) is 0 Å². The first-order chi connectivity index (χ1) is 8.60. The lowest BCUT2D eigenvalue weighted by atomic mass is 10.1. The Morgan fingerprint density at radius 2 is 2.22 bits per heavy atom. The Balaban J connectivity index is 2.10. The van der Waals surface area contributed by atoms with Crippen molar-refractivity contribution in [1.82, 2.24) is 0 Å². The predicted molar refractivity (Wildman–Crippen MR) is 82.8 cm³/mol. The van der Waals surface area contributed by atoms with E-state index >= 15 is 0 Å². The van der Waals surface area contributed by atoms with Crippen molar-refractivity contribution in [3.63, 3.8) is 0 Å². The molecule has 1 aliphatic heterocycles. The van der Waals surface area contributed by atoms with Gasteiger partial charge in [-0.3, -0.25) is 4.99 Å². The molecule has 1 heterocycles. The topological polar surface area (TPSA) is 33.6 Å². The van der Waals surface area contributed by atoms with Crippen molar-refractivity contribution < 1.29 is 4.74 Å². The van der Waals surface area contributed by atoms with Crippen molar-refractivity contribution in [3.8, 4) is 5.75 Å². The standard InChI is InChI=1S/C13H17BrN2OS/c1-8-7-18-13(15-9(8)2)16-10-4-5-12(17-3)11(14)6-10/h4-6,8-9H,7H2,1-3H3,(H,15,16). The Morgan fingerprint density at radius 1 is 1.44 bits per heavy atom. The van der Waals surface area contributed by atoms with E-state index in [0.717, 1.165) is 26.8 Å². The van der Waals surface area contributed by atoms with Crippen LogP contribution in [0.3, 0.4) is 0 Å². The van der Waals surface area contributed by atoms with E-state index in [1.54, 1.807) is 18.9 Å². The van der Waals surface area contributed by atoms with Gasteiger partial charge in [0, 0.05) is 11.4 Å². The minimum atomic E-state index is 0.385. The number of methoxy groups -OCH3 is 1. The summed E-state index contributed by atoms with van der Waals surface area (Å²) in [4.78, 5) is 4.65. The average molecular weight is 329 g/mol. The first-order valence-electron chi connectivity index (χ1n) is 5.91. The highest BCUT2D eigenvalue weighted by atomic mass is 79.9. The number of rotatable bonds is 2. The van der Waals surface area contributed by atoms with E-state index < -0.39 is 0 Å². The lowest BCUT2D eigenvalue weighted by Crippen LogP contribution is -2.25. The third kappa shape index (κ3) is 3.20. The van der Waals surface area contributed by atoms with Crippen LogP contribution in [-0.2, 0) is 0 Å². The van der Waals surface area contributed by atoms with Gasteiger partial charge in [0.1, 0.15) is 5.75 Å². The second-order valence-corrected chi connectivity index (χ2v) is 6.30. The summed E-state index contributed by atoms with van der Waals surface area (Å²) in [6, 6.07) is 6.32. The monoisotopic (exact) mass is 328 g/mol. The van der Waals surface area contributed by atoms with Gasteiger partial charge in [0.05, 0.1) is 17.6 Å². The number of ether oxygens (including phenoxy) is 1. The average Bonchev–Trinajstić information content (AvgIpc) is 2.34. The number of thioether (sulfide) groups is 1. The highest BCUT2D eigenvalue weighted by Gasteiger charge is 2.19. The van der Waals surface area contributed by atoms with E-state index in [1.165, 1.54) is 0 Å². The molecule has 2 atom stereocenters. The number of amidine groups is 1. The van der Waals surface area contributed by atoms with Gasteiger partial charge in [-0.2, -0.15) is 0 Å². The maximum atomic E-state index is 5.21. The maximum absolute atomic E-state index is 5.21. The van der Waals surface area contributed by atoms with Crippen LogP contribution >= 0.6 is 27.7 Å². The molecule has 0 aromatic heterocycles. The summed E-state index contributed by atoms with van der Waals surface area (Å²) in [5.41, 5.74) is 1.02. The highest BCUT2D eigenvalue weighted by molar-refractivity contribution is 9.10. The minimum absolute atomic E-state index is 0.385. The number of hydrogen-bond donors (Lipinski definition) is 1. The van der Waals surface area contributed by atoms with Crippen LogP contribution in [0.2, 0.25) is 0 Å². The fourth-order valence-corrected chi connectivity index (χ4v) is 3.31. The Morgan fingerprint density at radius 3 is 2.83 bits per heavy atom. The normalized spacial score (nSPS) is 23.4. The van der Waals surface area contributed by atoms with Crippen LogP contribution in [0.4, 0.5) is 5.69 Å². The number of nitrogens with zero attached hydrogens (tertiary/aromatic N) is 1. The van der Waals surface area contributed by atoms with Crippen molar-refractivity contribution in [2.45, 2.75) is 19.9 Å². The maximum Gasteiger partial charge on any atom is 0.161 e. The van der Waals surface area contributed by atoms with Crippen LogP contribution in [0.5, 0.6) is 5.75 Å². The molecule has 1 aromatic carbocycles. The second-order valence-electron chi connectivity index (χ2n) is 4.44. The van der Waals surface area contributed by atoms with Crippen molar-refractivity contribution in [2.75, 3.05) is 18.2 Å². The van der Waals surface area contributed by atoms with Gasteiger partial charge in [0.15, 0.2) is 5.17 Å². The van der Waals surface area contributed by atoms with Crippen molar-refractivity contribution in [2.24, 2.45) is 10.9 Å². The molecule has 0 amide bonds. The van der Waals surface area contributed by atoms with Crippen LogP contribution in [0.15, 0.2) is 27.7 Å². The number of hydrogen-bond acceptors (Lipinski definition) is 4. The van der Waals surface area contributed by atoms with Gasteiger partial charge in [0.2, 0.25) is 0 Å². The van der Waals surface area contributed by atoms with Crippen molar-refractivity contribution in [1.29, 1.82) is 0 Å². The molecule has 1 N–H and O–H groups in total. The van der Waals surface area contributed by atoms with Gasteiger partial charge in [-0.1, -0.05) is 18.7 Å². The quantitative estimate of drug-likeness (QED) is 0.890. The molecule has 0 saturated heterocycles. The number of halogens is 1. The number of nitrogens with one attached hydrogen (secondary N) is 1. The zero-order valence-electron chi connectivity index (χ0n) is 10.7. The van der Waals surface area contributed by atoms with E-state index in [1.807, 2.05) is 18.2 Å². The third-order valence-corrected chi connectivity index (χ3v) is 4.82. The molecule has 0 saturated carbocycles. The number of aliphatic imine (C=N–C) groups is 1. The molecule has 0 radical (unpaired) electrons. The van der Waals surface area contributed by atoms with E-state index in [0.29, 0.717) is 12.0 Å². The fourth-order valence-electron chi connectivity index (χ4n) is 1.64. The SMILES string of the molecule is COc1ccc(NC2=NC(C)C(C)CS2)cc1Br. The molecular formula is C13H17BrN2OS. The number of anilines is 1. The molecular weight excluding hydrogens is 312 g/mol. The van der Waals surface area contributed by atoms with Gasteiger partial charge >= 0.3 is 0 Å². The molecule has 2 rings (SSSR count). The minimum Gasteiger partial charge on any atom is -0.496 e. The van der Waals surface area contributed by atoms with Gasteiger partial charge in [-0.25, -0.2) is 0 Å². The highest BCUT2D eigenvalue weighted by Crippen LogP contribution is 2.29. The zero-order chi connectivity index (χ0) is 13.1. The van der Waals surface area contributed by atoms with Crippen LogP contribution in [0, 0.1) is 5.92 Å². The Labute approximate surface area is 121 Å². The lowest BCUT2D eigenvalue weighted by Gasteiger charge is -2.23. The summed E-state index contributed by atoms with van der Waals surface area (Å²) >= 11 is 5.26.